The highest BCUT2D eigenvalue weighted by atomic mass is 32.2. The highest BCUT2D eigenvalue weighted by molar-refractivity contribution is 8.00. The first-order valence-electron chi connectivity index (χ1n) is 6.50. The maximum atomic E-state index is 12.2. The summed E-state index contributed by atoms with van der Waals surface area (Å²) in [4.78, 5) is 12.2. The zero-order valence-corrected chi connectivity index (χ0v) is 11.9. The van der Waals surface area contributed by atoms with Crippen LogP contribution in [-0.4, -0.2) is 23.9 Å². The van der Waals surface area contributed by atoms with Gasteiger partial charge in [0.05, 0.1) is 18.4 Å². The third-order valence-electron chi connectivity index (χ3n) is 3.41. The van der Waals surface area contributed by atoms with E-state index < -0.39 is 0 Å². The highest BCUT2D eigenvalue weighted by Crippen LogP contribution is 2.30. The van der Waals surface area contributed by atoms with Gasteiger partial charge in [0.1, 0.15) is 5.75 Å². The van der Waals surface area contributed by atoms with E-state index in [4.69, 9.17) is 4.74 Å². The molecule has 1 saturated carbocycles. The van der Waals surface area contributed by atoms with Crippen LogP contribution in [0, 0.1) is 6.92 Å². The minimum absolute atomic E-state index is 0.187. The summed E-state index contributed by atoms with van der Waals surface area (Å²) in [6.07, 6.45) is 5.17. The van der Waals surface area contributed by atoms with Gasteiger partial charge >= 0.3 is 0 Å². The fraction of sp³-hybridized carbons (Fsp3) is 0.533. The van der Waals surface area contributed by atoms with Gasteiger partial charge in [-0.2, -0.15) is 11.8 Å². The lowest BCUT2D eigenvalue weighted by Gasteiger charge is -2.11. The maximum absolute atomic E-state index is 12.2. The van der Waals surface area contributed by atoms with Gasteiger partial charge in [0.2, 0.25) is 0 Å². The molecular weight excluding hydrogens is 244 g/mol. The maximum Gasteiger partial charge on any atom is 0.176 e. The highest BCUT2D eigenvalue weighted by Gasteiger charge is 2.18. The average molecular weight is 264 g/mol. The van der Waals surface area contributed by atoms with Crippen molar-refractivity contribution in [2.45, 2.75) is 37.9 Å². The van der Waals surface area contributed by atoms with E-state index in [0.717, 1.165) is 11.1 Å². The van der Waals surface area contributed by atoms with E-state index in [1.807, 2.05) is 25.1 Å². The van der Waals surface area contributed by atoms with Gasteiger partial charge in [0.25, 0.3) is 0 Å². The Kier molecular flexibility index (Phi) is 4.70. The Labute approximate surface area is 113 Å². The Morgan fingerprint density at radius 3 is 2.78 bits per heavy atom. The second-order valence-electron chi connectivity index (χ2n) is 4.84. The molecule has 0 radical (unpaired) electrons. The normalized spacial score (nSPS) is 15.9. The summed E-state index contributed by atoms with van der Waals surface area (Å²) in [7, 11) is 1.62. The van der Waals surface area contributed by atoms with Crippen molar-refractivity contribution < 1.29 is 9.53 Å². The number of rotatable bonds is 5. The number of hydrogen-bond acceptors (Lipinski definition) is 3. The second kappa shape index (κ2) is 6.28. The summed E-state index contributed by atoms with van der Waals surface area (Å²) in [5, 5.41) is 0.685. The van der Waals surface area contributed by atoms with Crippen LogP contribution in [0.1, 0.15) is 41.6 Å². The molecular formula is C15H20O2S. The zero-order valence-electron chi connectivity index (χ0n) is 11.1. The molecule has 3 heteroatoms. The lowest BCUT2D eigenvalue weighted by molar-refractivity contribution is 0.101. The van der Waals surface area contributed by atoms with Crippen LogP contribution in [0.15, 0.2) is 18.2 Å². The number of hydrogen-bond donors (Lipinski definition) is 0. The van der Waals surface area contributed by atoms with E-state index in [9.17, 15) is 4.79 Å². The predicted molar refractivity (Wildman–Crippen MR) is 76.8 cm³/mol. The molecule has 2 nitrogen and oxygen atoms in total. The molecule has 18 heavy (non-hydrogen) atoms. The summed E-state index contributed by atoms with van der Waals surface area (Å²) < 4.78 is 5.26. The third-order valence-corrected chi connectivity index (χ3v) is 4.78. The summed E-state index contributed by atoms with van der Waals surface area (Å²) in [6, 6.07) is 5.78. The Balaban J connectivity index is 2.00. The summed E-state index contributed by atoms with van der Waals surface area (Å²) in [6.45, 7) is 2.00. The molecule has 1 aromatic carbocycles. The van der Waals surface area contributed by atoms with Gasteiger partial charge in [-0.25, -0.2) is 0 Å². The van der Waals surface area contributed by atoms with Gasteiger partial charge in [-0.3, -0.25) is 4.79 Å². The quantitative estimate of drug-likeness (QED) is 0.755. The monoisotopic (exact) mass is 264 g/mol. The molecule has 0 N–H and O–H groups in total. The molecule has 0 saturated heterocycles. The number of thioether (sulfide) groups is 1. The van der Waals surface area contributed by atoms with Gasteiger partial charge in [-0.15, -0.1) is 0 Å². The van der Waals surface area contributed by atoms with Crippen LogP contribution in [0.3, 0.4) is 0 Å². The van der Waals surface area contributed by atoms with E-state index in [-0.39, 0.29) is 5.78 Å². The topological polar surface area (TPSA) is 26.3 Å². The predicted octanol–water partition coefficient (Wildman–Crippen LogP) is 3.86. The molecule has 1 aliphatic carbocycles. The first-order chi connectivity index (χ1) is 8.70. The molecule has 2 rings (SSSR count). The molecule has 1 aromatic rings. The van der Waals surface area contributed by atoms with Crippen molar-refractivity contribution in [3.05, 3.63) is 29.3 Å². The third kappa shape index (κ3) is 3.29. The van der Waals surface area contributed by atoms with Gasteiger partial charge in [-0.05, 0) is 31.9 Å². The molecule has 0 aromatic heterocycles. The second-order valence-corrected chi connectivity index (χ2v) is 6.13. The van der Waals surface area contributed by atoms with Gasteiger partial charge in [0.15, 0.2) is 5.78 Å². The molecule has 0 heterocycles. The standard InChI is InChI=1S/C15H20O2S/c1-11-7-8-15(17-2)13(9-11)14(16)10-18-12-5-3-4-6-12/h7-9,12H,3-6,10H2,1-2H3. The Bertz CT molecular complexity index is 423. The Morgan fingerprint density at radius 2 is 2.11 bits per heavy atom. The number of Topliss-reactive ketones (excluding diaryl/α,β-unsaturated/α-hetero) is 1. The van der Waals surface area contributed by atoms with Crippen LogP contribution in [0.25, 0.3) is 0 Å². The molecule has 0 bridgehead atoms. The van der Waals surface area contributed by atoms with Crippen LogP contribution in [0.4, 0.5) is 0 Å². The van der Waals surface area contributed by atoms with Crippen molar-refractivity contribution >= 4 is 17.5 Å². The summed E-state index contributed by atoms with van der Waals surface area (Å²) in [5.74, 6) is 1.45. The van der Waals surface area contributed by atoms with Gasteiger partial charge in [0, 0.05) is 5.25 Å². The van der Waals surface area contributed by atoms with Gasteiger partial charge in [-0.1, -0.05) is 24.5 Å². The number of carbonyl (C=O) groups is 1. The molecule has 0 amide bonds. The SMILES string of the molecule is COc1ccc(C)cc1C(=O)CSC1CCCC1. The lowest BCUT2D eigenvalue weighted by atomic mass is 10.1. The number of benzene rings is 1. The van der Waals surface area contributed by atoms with E-state index in [2.05, 4.69) is 0 Å². The largest absolute Gasteiger partial charge is 0.496 e. The smallest absolute Gasteiger partial charge is 0.176 e. The van der Waals surface area contributed by atoms with Crippen LogP contribution in [0.2, 0.25) is 0 Å². The number of ketones is 1. The molecule has 1 aliphatic rings. The molecule has 0 spiro atoms. The molecule has 0 aliphatic heterocycles. The Hall–Kier alpha value is -0.960. The van der Waals surface area contributed by atoms with E-state index in [1.54, 1.807) is 18.9 Å². The number of ether oxygens (including phenoxy) is 1. The minimum atomic E-state index is 0.187. The summed E-state index contributed by atoms with van der Waals surface area (Å²) >= 11 is 1.81. The Morgan fingerprint density at radius 1 is 1.39 bits per heavy atom. The molecule has 0 atom stereocenters. The first-order valence-corrected chi connectivity index (χ1v) is 7.55. The van der Waals surface area contributed by atoms with Gasteiger partial charge < -0.3 is 4.74 Å². The minimum Gasteiger partial charge on any atom is -0.496 e. The van der Waals surface area contributed by atoms with Crippen molar-refractivity contribution in [1.82, 2.24) is 0 Å². The van der Waals surface area contributed by atoms with Crippen molar-refractivity contribution in [3.63, 3.8) is 0 Å². The lowest BCUT2D eigenvalue weighted by Crippen LogP contribution is -2.08. The molecule has 0 unspecified atom stereocenters. The van der Waals surface area contributed by atoms with E-state index >= 15 is 0 Å². The van der Waals surface area contributed by atoms with Crippen LogP contribution in [-0.2, 0) is 0 Å². The van der Waals surface area contributed by atoms with E-state index in [1.165, 1.54) is 25.7 Å². The van der Waals surface area contributed by atoms with E-state index in [0.29, 0.717) is 16.8 Å². The van der Waals surface area contributed by atoms with Crippen molar-refractivity contribution in [1.29, 1.82) is 0 Å². The zero-order chi connectivity index (χ0) is 13.0. The first kappa shape index (κ1) is 13.5. The number of carbonyl (C=O) groups excluding carboxylic acids is 1. The van der Waals surface area contributed by atoms with Crippen molar-refractivity contribution in [2.24, 2.45) is 0 Å². The van der Waals surface area contributed by atoms with Crippen LogP contribution >= 0.6 is 11.8 Å². The molecule has 98 valence electrons. The number of methoxy groups -OCH3 is 1. The van der Waals surface area contributed by atoms with Crippen molar-refractivity contribution in [2.75, 3.05) is 12.9 Å². The van der Waals surface area contributed by atoms with Crippen LogP contribution in [0.5, 0.6) is 5.75 Å². The number of aryl methyl sites for hydroxylation is 1. The average Bonchev–Trinajstić information content (AvgIpc) is 2.89. The fourth-order valence-corrected chi connectivity index (χ4v) is 3.58. The summed E-state index contributed by atoms with van der Waals surface area (Å²) in [5.41, 5.74) is 1.83. The van der Waals surface area contributed by atoms with Crippen LogP contribution < -0.4 is 4.74 Å². The van der Waals surface area contributed by atoms with Crippen molar-refractivity contribution in [3.8, 4) is 5.75 Å². The fourth-order valence-electron chi connectivity index (χ4n) is 2.37. The molecule has 1 fully saturated rings.